The van der Waals surface area contributed by atoms with Crippen molar-refractivity contribution in [2.45, 2.75) is 38.4 Å². The van der Waals surface area contributed by atoms with Crippen LogP contribution in [0.3, 0.4) is 0 Å². The Morgan fingerprint density at radius 2 is 1.78 bits per heavy atom. The first-order chi connectivity index (χ1) is 21.2. The number of oxazole rings is 1. The van der Waals surface area contributed by atoms with Crippen molar-refractivity contribution >= 4 is 27.5 Å². The second-order valence-electron chi connectivity index (χ2n) is 10.4. The largest absolute Gasteiger partial charge is 0.428 e. The topological polar surface area (TPSA) is 124 Å². The van der Waals surface area contributed by atoms with Gasteiger partial charge in [0.1, 0.15) is 11.3 Å². The minimum absolute atomic E-state index is 0.000916. The first kappa shape index (κ1) is 31.3. The number of carbonyl (C=O) groups excluding carboxylic acids is 1. The Labute approximate surface area is 256 Å². The van der Waals surface area contributed by atoms with E-state index < -0.39 is 32.9 Å². The molecule has 2 N–H and O–H groups in total. The van der Waals surface area contributed by atoms with Crippen molar-refractivity contribution in [2.24, 2.45) is 7.05 Å². The Balaban J connectivity index is 1.44. The number of carbonyl (C=O) groups is 1. The summed E-state index contributed by atoms with van der Waals surface area (Å²) in [5, 5.41) is 6.85. The van der Waals surface area contributed by atoms with Gasteiger partial charge in [0.2, 0.25) is 0 Å². The first-order valence-corrected chi connectivity index (χ1v) is 15.3. The van der Waals surface area contributed by atoms with Crippen LogP contribution < -0.4 is 15.6 Å². The molecule has 3 heterocycles. The number of pyridine rings is 1. The summed E-state index contributed by atoms with van der Waals surface area (Å²) in [5.74, 6) is 3.62. The summed E-state index contributed by atoms with van der Waals surface area (Å²) in [6, 6.07) is 14.0. The predicted octanol–water partition coefficient (Wildman–Crippen LogP) is 5.20. The van der Waals surface area contributed by atoms with E-state index in [1.165, 1.54) is 29.1 Å². The molecular weight excluding hydrogens is 609 g/mol. The van der Waals surface area contributed by atoms with Gasteiger partial charge in [-0.1, -0.05) is 18.2 Å². The third-order valence-electron chi connectivity index (χ3n) is 7.26. The van der Waals surface area contributed by atoms with Gasteiger partial charge in [-0.15, -0.1) is 0 Å². The third-order valence-corrected chi connectivity index (χ3v) is 8.80. The molecule has 1 atom stereocenters. The zero-order chi connectivity index (χ0) is 32.7. The fraction of sp³-hybridized carbons (Fsp3) is 0.194. The third kappa shape index (κ3) is 6.41. The van der Waals surface area contributed by atoms with Gasteiger partial charge in [0.25, 0.3) is 11.5 Å². The summed E-state index contributed by atoms with van der Waals surface area (Å²) in [6.07, 6.45) is -3.10. The SMILES string of the molecule is C=S(=O)(Nc1nc(C)c(C)o1)c1ccc(CNC(=O)c2cc(-c3ccnn3C)c(C)n(-c3cccc(C(F)(F)F)c3)c2=O)cc1. The molecule has 0 saturated carbocycles. The van der Waals surface area contributed by atoms with Crippen molar-refractivity contribution < 1.29 is 26.6 Å². The highest BCUT2D eigenvalue weighted by Crippen LogP contribution is 2.31. The van der Waals surface area contributed by atoms with Crippen LogP contribution in [-0.2, 0) is 29.5 Å². The lowest BCUT2D eigenvalue weighted by Crippen LogP contribution is -2.33. The molecule has 1 amide bonds. The number of aryl methyl sites for hydroxylation is 3. The highest BCUT2D eigenvalue weighted by molar-refractivity contribution is 8.01. The molecule has 0 bridgehead atoms. The van der Waals surface area contributed by atoms with E-state index in [0.29, 0.717) is 38.9 Å². The van der Waals surface area contributed by atoms with E-state index in [9.17, 15) is 27.0 Å². The Morgan fingerprint density at radius 3 is 2.38 bits per heavy atom. The van der Waals surface area contributed by atoms with Crippen LogP contribution in [-0.4, -0.2) is 35.3 Å². The Kier molecular flexibility index (Phi) is 8.19. The molecule has 14 heteroatoms. The van der Waals surface area contributed by atoms with Crippen molar-refractivity contribution in [1.29, 1.82) is 0 Å². The van der Waals surface area contributed by atoms with Crippen LogP contribution in [0, 0.1) is 20.8 Å². The first-order valence-electron chi connectivity index (χ1n) is 13.5. The number of alkyl halides is 3. The monoisotopic (exact) mass is 638 g/mol. The molecule has 234 valence electrons. The molecule has 45 heavy (non-hydrogen) atoms. The van der Waals surface area contributed by atoms with Gasteiger partial charge in [0.15, 0.2) is 0 Å². The van der Waals surface area contributed by atoms with E-state index in [-0.39, 0.29) is 23.8 Å². The molecule has 5 aromatic rings. The lowest BCUT2D eigenvalue weighted by Gasteiger charge is -2.18. The van der Waals surface area contributed by atoms with Gasteiger partial charge in [-0.2, -0.15) is 23.3 Å². The second kappa shape index (κ2) is 11.8. The van der Waals surface area contributed by atoms with Crippen molar-refractivity contribution in [1.82, 2.24) is 24.6 Å². The molecule has 0 saturated heterocycles. The summed E-state index contributed by atoms with van der Waals surface area (Å²) in [7, 11) is -1.33. The van der Waals surface area contributed by atoms with E-state index in [1.807, 2.05) is 0 Å². The van der Waals surface area contributed by atoms with Crippen LogP contribution in [0.2, 0.25) is 0 Å². The van der Waals surface area contributed by atoms with Crippen LogP contribution >= 0.6 is 0 Å². The summed E-state index contributed by atoms with van der Waals surface area (Å²) < 4.78 is 64.5. The quantitative estimate of drug-likeness (QED) is 0.225. The Hall–Kier alpha value is -5.11. The molecule has 2 aromatic carbocycles. The Bertz CT molecular complexity index is 2060. The fourth-order valence-corrected chi connectivity index (χ4v) is 5.78. The number of benzene rings is 2. The normalized spacial score (nSPS) is 13.0. The molecular formula is C31H29F3N6O4S. The van der Waals surface area contributed by atoms with Gasteiger partial charge in [-0.05, 0) is 74.7 Å². The smallest absolute Gasteiger partial charge is 0.416 e. The maximum Gasteiger partial charge on any atom is 0.416 e. The average Bonchev–Trinajstić information content (AvgIpc) is 3.54. The molecule has 3 aromatic heterocycles. The van der Waals surface area contributed by atoms with Gasteiger partial charge < -0.3 is 9.73 Å². The van der Waals surface area contributed by atoms with E-state index >= 15 is 0 Å². The maximum atomic E-state index is 13.7. The molecule has 0 aliphatic heterocycles. The average molecular weight is 639 g/mol. The number of anilines is 1. The molecule has 0 aliphatic carbocycles. The van der Waals surface area contributed by atoms with Crippen molar-refractivity contribution in [3.8, 4) is 16.9 Å². The number of halogens is 3. The van der Waals surface area contributed by atoms with Gasteiger partial charge in [0, 0.05) is 41.6 Å². The standard InChI is InChI=1S/C31H29F3N6O4S/c1-18-20(3)44-30(37-18)38-45(5,43)24-11-9-21(10-12-24)17-35-28(41)26-16-25(27-13-14-36-39(27)4)19(2)40(29(26)42)23-8-6-7-22(15-23)31(32,33)34/h6-16H,5,17H2,1-4H3,(H,35,41)(H,37,38,43). The minimum Gasteiger partial charge on any atom is -0.428 e. The van der Waals surface area contributed by atoms with Gasteiger partial charge in [0.05, 0.1) is 26.7 Å². The van der Waals surface area contributed by atoms with Gasteiger partial charge in [-0.3, -0.25) is 23.6 Å². The maximum absolute atomic E-state index is 13.7. The van der Waals surface area contributed by atoms with Crippen molar-refractivity contribution in [2.75, 3.05) is 4.72 Å². The highest BCUT2D eigenvalue weighted by Gasteiger charge is 2.31. The highest BCUT2D eigenvalue weighted by atomic mass is 32.2. The minimum atomic E-state index is -4.63. The van der Waals surface area contributed by atoms with Crippen molar-refractivity contribution in [3.63, 3.8) is 0 Å². The molecule has 5 rings (SSSR count). The van der Waals surface area contributed by atoms with Crippen LogP contribution in [0.25, 0.3) is 16.9 Å². The van der Waals surface area contributed by atoms with E-state index in [2.05, 4.69) is 26.0 Å². The van der Waals surface area contributed by atoms with Gasteiger partial charge >= 0.3 is 12.2 Å². The summed E-state index contributed by atoms with van der Waals surface area (Å²) in [6.45, 7) is 5.08. The molecule has 10 nitrogen and oxygen atoms in total. The second-order valence-corrected chi connectivity index (χ2v) is 12.4. The summed E-state index contributed by atoms with van der Waals surface area (Å²) >= 11 is 0. The number of hydrogen-bond donors (Lipinski definition) is 2. The molecule has 0 aliphatic rings. The van der Waals surface area contributed by atoms with Crippen LogP contribution in [0.1, 0.15) is 38.6 Å². The number of rotatable bonds is 8. The number of aromatic nitrogens is 4. The van der Waals surface area contributed by atoms with Crippen LogP contribution in [0.4, 0.5) is 19.2 Å². The number of amides is 1. The number of hydrogen-bond acceptors (Lipinski definition) is 6. The summed E-state index contributed by atoms with van der Waals surface area (Å²) in [5.41, 5.74) is 0.575. The molecule has 0 fully saturated rings. The van der Waals surface area contributed by atoms with E-state index in [0.717, 1.165) is 16.7 Å². The van der Waals surface area contributed by atoms with Crippen molar-refractivity contribution in [3.05, 3.63) is 111 Å². The summed E-state index contributed by atoms with van der Waals surface area (Å²) in [4.78, 5) is 31.6. The van der Waals surface area contributed by atoms with Crippen LogP contribution in [0.15, 0.2) is 81.0 Å². The number of nitrogens with zero attached hydrogens (tertiary/aromatic N) is 4. The van der Waals surface area contributed by atoms with E-state index in [4.69, 9.17) is 4.42 Å². The zero-order valence-electron chi connectivity index (χ0n) is 24.7. The lowest BCUT2D eigenvalue weighted by molar-refractivity contribution is -0.137. The predicted molar refractivity (Wildman–Crippen MR) is 165 cm³/mol. The molecule has 0 spiro atoms. The van der Waals surface area contributed by atoms with E-state index in [1.54, 1.807) is 58.2 Å². The number of nitrogens with one attached hydrogen (secondary N) is 2. The fourth-order valence-electron chi connectivity index (χ4n) is 4.72. The lowest BCUT2D eigenvalue weighted by atomic mass is 10.1. The van der Waals surface area contributed by atoms with Gasteiger partial charge in [-0.25, -0.2) is 4.21 Å². The molecule has 1 unspecified atom stereocenters. The molecule has 0 radical (unpaired) electrons. The van der Waals surface area contributed by atoms with Crippen LogP contribution in [0.5, 0.6) is 0 Å². The zero-order valence-corrected chi connectivity index (χ0v) is 25.5. The Morgan fingerprint density at radius 1 is 1.07 bits per heavy atom.